The highest BCUT2D eigenvalue weighted by Crippen LogP contribution is 2.29. The monoisotopic (exact) mass is 246 g/mol. The maximum atomic E-state index is 5.90. The topological polar surface area (TPSA) is 33.6 Å². The van der Waals surface area contributed by atoms with E-state index in [9.17, 15) is 0 Å². The third-order valence-electron chi connectivity index (χ3n) is 3.01. The van der Waals surface area contributed by atoms with Gasteiger partial charge in [-0.1, -0.05) is 28.7 Å². The molecule has 0 saturated carbocycles. The molecule has 1 saturated heterocycles. The van der Waals surface area contributed by atoms with E-state index in [1.807, 2.05) is 24.3 Å². The number of halogens is 1. The van der Waals surface area contributed by atoms with Crippen molar-refractivity contribution in [3.8, 4) is 11.8 Å². The number of hydrogen-bond acceptors (Lipinski definition) is 3. The maximum Gasteiger partial charge on any atom is 0.204 e. The fourth-order valence-corrected chi connectivity index (χ4v) is 2.19. The first-order valence-electron chi connectivity index (χ1n) is 5.53. The van der Waals surface area contributed by atoms with Crippen molar-refractivity contribution in [1.29, 1.82) is 0 Å². The van der Waals surface area contributed by atoms with Crippen molar-refractivity contribution in [2.45, 2.75) is 12.0 Å². The van der Waals surface area contributed by atoms with E-state index in [1.54, 1.807) is 0 Å². The molecular formula is C13H11ClN2O. The summed E-state index contributed by atoms with van der Waals surface area (Å²) in [7, 11) is 0. The lowest BCUT2D eigenvalue weighted by Gasteiger charge is -2.31. The van der Waals surface area contributed by atoms with Gasteiger partial charge >= 0.3 is 0 Å². The van der Waals surface area contributed by atoms with E-state index in [4.69, 9.17) is 16.4 Å². The van der Waals surface area contributed by atoms with Gasteiger partial charge in [0.05, 0.1) is 0 Å². The Labute approximate surface area is 105 Å². The van der Waals surface area contributed by atoms with Crippen molar-refractivity contribution < 1.29 is 4.84 Å². The average Bonchev–Trinajstić information content (AvgIpc) is 2.79. The maximum absolute atomic E-state index is 5.90. The van der Waals surface area contributed by atoms with Gasteiger partial charge in [-0.2, -0.15) is 0 Å². The van der Waals surface area contributed by atoms with E-state index in [-0.39, 0.29) is 5.60 Å². The Bertz CT molecular complexity index is 536. The summed E-state index contributed by atoms with van der Waals surface area (Å²) in [6.07, 6.45) is 0.941. The van der Waals surface area contributed by atoms with Crippen LogP contribution in [0.5, 0.6) is 0 Å². The van der Waals surface area contributed by atoms with E-state index in [1.165, 1.54) is 0 Å². The molecule has 0 aliphatic carbocycles. The van der Waals surface area contributed by atoms with Crippen molar-refractivity contribution in [2.24, 2.45) is 5.16 Å². The van der Waals surface area contributed by atoms with Gasteiger partial charge in [0.2, 0.25) is 5.60 Å². The fraction of sp³-hybridized carbons (Fsp3) is 0.308. The van der Waals surface area contributed by atoms with Gasteiger partial charge in [0.25, 0.3) is 0 Å². The lowest BCUT2D eigenvalue weighted by Crippen LogP contribution is -2.48. The summed E-state index contributed by atoms with van der Waals surface area (Å²) >= 11 is 5.90. The summed E-state index contributed by atoms with van der Waals surface area (Å²) in [4.78, 5) is 5.30. The van der Waals surface area contributed by atoms with Crippen LogP contribution in [0.4, 0.5) is 0 Å². The van der Waals surface area contributed by atoms with Gasteiger partial charge in [-0.05, 0) is 30.7 Å². The molecule has 4 heteroatoms. The molecule has 1 aromatic rings. The number of hydrogen-bond donors (Lipinski definition) is 1. The van der Waals surface area contributed by atoms with Crippen LogP contribution in [0.25, 0.3) is 0 Å². The summed E-state index contributed by atoms with van der Waals surface area (Å²) in [6, 6.07) is 7.49. The van der Waals surface area contributed by atoms with Gasteiger partial charge < -0.3 is 10.2 Å². The molecule has 1 atom stereocenters. The second-order valence-corrected chi connectivity index (χ2v) is 4.65. The molecule has 2 heterocycles. The zero-order chi connectivity index (χ0) is 11.7. The van der Waals surface area contributed by atoms with Crippen LogP contribution in [0.15, 0.2) is 29.4 Å². The Kier molecular flexibility index (Phi) is 2.54. The molecule has 2 aliphatic rings. The molecule has 0 bridgehead atoms. The number of nitrogens with zero attached hydrogens (tertiary/aromatic N) is 1. The van der Waals surface area contributed by atoms with Crippen molar-refractivity contribution in [3.05, 3.63) is 34.9 Å². The van der Waals surface area contributed by atoms with E-state index < -0.39 is 0 Å². The van der Waals surface area contributed by atoms with Gasteiger partial charge in [-0.3, -0.25) is 0 Å². The summed E-state index contributed by atoms with van der Waals surface area (Å²) in [5.41, 5.74) is 1.47. The molecule has 86 valence electrons. The zero-order valence-corrected chi connectivity index (χ0v) is 9.92. The second kappa shape index (κ2) is 4.06. The summed E-state index contributed by atoms with van der Waals surface area (Å²) in [6.45, 7) is 1.76. The molecular weight excluding hydrogens is 236 g/mol. The Morgan fingerprint density at radius 1 is 1.41 bits per heavy atom. The van der Waals surface area contributed by atoms with Crippen molar-refractivity contribution >= 4 is 17.3 Å². The number of benzene rings is 1. The molecule has 17 heavy (non-hydrogen) atoms. The largest absolute Gasteiger partial charge is 0.379 e. The summed E-state index contributed by atoms with van der Waals surface area (Å²) in [5.74, 6) is 6.14. The van der Waals surface area contributed by atoms with Gasteiger partial charge in [0, 0.05) is 23.6 Å². The Balaban J connectivity index is 1.81. The number of nitrogens with one attached hydrogen (secondary N) is 1. The van der Waals surface area contributed by atoms with Gasteiger partial charge in [0.15, 0.2) is 5.71 Å². The van der Waals surface area contributed by atoms with E-state index in [0.29, 0.717) is 5.02 Å². The molecule has 2 aliphatic heterocycles. The van der Waals surface area contributed by atoms with Gasteiger partial charge in [-0.15, -0.1) is 0 Å². The lowest BCUT2D eigenvalue weighted by atomic mass is 9.95. The van der Waals surface area contributed by atoms with Crippen LogP contribution < -0.4 is 5.32 Å². The molecule has 0 amide bonds. The fourth-order valence-electron chi connectivity index (χ4n) is 2.00. The molecule has 1 N–H and O–H groups in total. The first kappa shape index (κ1) is 10.6. The predicted molar refractivity (Wildman–Crippen MR) is 67.1 cm³/mol. The first-order valence-corrected chi connectivity index (χ1v) is 5.91. The minimum Gasteiger partial charge on any atom is -0.379 e. The predicted octanol–water partition coefficient (Wildman–Crippen LogP) is 1.81. The van der Waals surface area contributed by atoms with E-state index in [0.717, 1.165) is 30.8 Å². The van der Waals surface area contributed by atoms with E-state index >= 15 is 0 Å². The molecule has 1 fully saturated rings. The highest BCUT2D eigenvalue weighted by atomic mass is 35.5. The average molecular weight is 247 g/mol. The smallest absolute Gasteiger partial charge is 0.204 e. The van der Waals surface area contributed by atoms with Gasteiger partial charge in [-0.25, -0.2) is 0 Å². The number of oxime groups is 1. The molecule has 1 aromatic carbocycles. The quantitative estimate of drug-likeness (QED) is 0.709. The third-order valence-corrected chi connectivity index (χ3v) is 3.24. The highest BCUT2D eigenvalue weighted by Gasteiger charge is 2.47. The molecule has 0 aromatic heterocycles. The van der Waals surface area contributed by atoms with Crippen molar-refractivity contribution in [3.63, 3.8) is 0 Å². The molecule has 0 radical (unpaired) electrons. The standard InChI is InChI=1S/C13H11ClN2O/c14-11-3-1-2-10(8-11)4-5-12-13(17-16-12)6-7-15-9-13/h1-3,8,15H,6-7,9H2. The highest BCUT2D eigenvalue weighted by molar-refractivity contribution is 6.30. The minimum atomic E-state index is -0.258. The van der Waals surface area contributed by atoms with Gasteiger partial charge in [0.1, 0.15) is 0 Å². The molecule has 3 rings (SSSR count). The second-order valence-electron chi connectivity index (χ2n) is 4.21. The zero-order valence-electron chi connectivity index (χ0n) is 9.16. The Morgan fingerprint density at radius 3 is 3.00 bits per heavy atom. The molecule has 1 spiro atoms. The summed E-state index contributed by atoms with van der Waals surface area (Å²) in [5, 5.41) is 7.86. The van der Waals surface area contributed by atoms with Crippen LogP contribution in [0.2, 0.25) is 5.02 Å². The van der Waals surface area contributed by atoms with Crippen LogP contribution in [0.1, 0.15) is 12.0 Å². The number of rotatable bonds is 0. The molecule has 3 nitrogen and oxygen atoms in total. The summed E-state index contributed by atoms with van der Waals surface area (Å²) < 4.78 is 0. The van der Waals surface area contributed by atoms with Crippen LogP contribution in [-0.4, -0.2) is 24.4 Å². The van der Waals surface area contributed by atoms with Crippen molar-refractivity contribution in [2.75, 3.05) is 13.1 Å². The Morgan fingerprint density at radius 2 is 2.35 bits per heavy atom. The van der Waals surface area contributed by atoms with Crippen LogP contribution in [0, 0.1) is 11.8 Å². The van der Waals surface area contributed by atoms with Crippen LogP contribution >= 0.6 is 11.6 Å². The Hall–Kier alpha value is -1.50. The minimum absolute atomic E-state index is 0.258. The normalized spacial score (nSPS) is 25.6. The SMILES string of the molecule is Clc1cccc(C#CC2=NOC23CCNC3)c1. The lowest BCUT2D eigenvalue weighted by molar-refractivity contribution is -0.0157. The third kappa shape index (κ3) is 1.90. The van der Waals surface area contributed by atoms with E-state index in [2.05, 4.69) is 22.3 Å². The van der Waals surface area contributed by atoms with Crippen LogP contribution in [0.3, 0.4) is 0 Å². The first-order chi connectivity index (χ1) is 8.28. The van der Waals surface area contributed by atoms with Crippen molar-refractivity contribution in [1.82, 2.24) is 5.32 Å². The van der Waals surface area contributed by atoms with Crippen LogP contribution in [-0.2, 0) is 4.84 Å². The molecule has 1 unspecified atom stereocenters.